The number of hydrogen-bond acceptors (Lipinski definition) is 4. The summed E-state index contributed by atoms with van der Waals surface area (Å²) in [6.45, 7) is 0.434. The number of sulfone groups is 1. The summed E-state index contributed by atoms with van der Waals surface area (Å²) in [7, 11) is -2.91. The number of carboxylic acids is 1. The van der Waals surface area contributed by atoms with Crippen molar-refractivity contribution < 1.29 is 18.3 Å². The first kappa shape index (κ1) is 15.0. The third-order valence-corrected chi connectivity index (χ3v) is 5.40. The van der Waals surface area contributed by atoms with Gasteiger partial charge < -0.3 is 10.4 Å². The van der Waals surface area contributed by atoms with Gasteiger partial charge in [0, 0.05) is 0 Å². The van der Waals surface area contributed by atoms with Crippen LogP contribution in [-0.2, 0) is 21.1 Å². The molecule has 1 fully saturated rings. The van der Waals surface area contributed by atoms with Crippen molar-refractivity contribution in [3.63, 3.8) is 0 Å². The Labute approximate surface area is 118 Å². The average Bonchev–Trinajstić information content (AvgIpc) is 2.75. The lowest BCUT2D eigenvalue weighted by atomic mass is 10.0. The fourth-order valence-electron chi connectivity index (χ4n) is 2.44. The van der Waals surface area contributed by atoms with Crippen LogP contribution in [0.5, 0.6) is 0 Å². The molecule has 5 nitrogen and oxygen atoms in total. The first-order valence-corrected chi connectivity index (χ1v) is 8.49. The van der Waals surface area contributed by atoms with Crippen LogP contribution in [0.4, 0.5) is 0 Å². The van der Waals surface area contributed by atoms with Crippen LogP contribution in [0.25, 0.3) is 0 Å². The summed E-state index contributed by atoms with van der Waals surface area (Å²) in [4.78, 5) is 11.3. The number of rotatable bonds is 6. The first-order valence-electron chi connectivity index (χ1n) is 6.67. The number of aliphatic carboxylic acids is 1. The lowest BCUT2D eigenvalue weighted by Crippen LogP contribution is -2.41. The summed E-state index contributed by atoms with van der Waals surface area (Å²) in [5.74, 6) is -0.500. The molecule has 1 saturated heterocycles. The number of hydrogen-bond donors (Lipinski definition) is 2. The predicted molar refractivity (Wildman–Crippen MR) is 76.3 cm³/mol. The zero-order valence-electron chi connectivity index (χ0n) is 11.2. The Kier molecular flexibility index (Phi) is 4.77. The van der Waals surface area contributed by atoms with Gasteiger partial charge in [-0.2, -0.15) is 0 Å². The minimum absolute atomic E-state index is 0.0256. The van der Waals surface area contributed by atoms with E-state index in [9.17, 15) is 18.3 Å². The third-order valence-electron chi connectivity index (χ3n) is 3.56. The molecule has 1 aromatic carbocycles. The van der Waals surface area contributed by atoms with Crippen molar-refractivity contribution in [2.45, 2.75) is 18.9 Å². The Hall–Kier alpha value is -1.40. The number of nitrogens with one attached hydrogen (secondary N) is 1. The highest BCUT2D eigenvalue weighted by molar-refractivity contribution is 7.91. The van der Waals surface area contributed by atoms with E-state index in [0.717, 1.165) is 5.56 Å². The SMILES string of the molecule is O=C(O)C(Cc1ccccc1)NCC1CCS(=O)(=O)C1. The molecule has 0 saturated carbocycles. The molecule has 110 valence electrons. The summed E-state index contributed by atoms with van der Waals surface area (Å²) in [5.41, 5.74) is 0.950. The van der Waals surface area contributed by atoms with Crippen molar-refractivity contribution in [2.24, 2.45) is 5.92 Å². The molecule has 1 aliphatic rings. The summed E-state index contributed by atoms with van der Waals surface area (Å²) < 4.78 is 22.7. The fraction of sp³-hybridized carbons (Fsp3) is 0.500. The van der Waals surface area contributed by atoms with E-state index in [1.54, 1.807) is 0 Å². The summed E-state index contributed by atoms with van der Waals surface area (Å²) >= 11 is 0. The molecule has 0 spiro atoms. The van der Waals surface area contributed by atoms with E-state index in [2.05, 4.69) is 5.32 Å². The molecule has 0 amide bonds. The second-order valence-electron chi connectivity index (χ2n) is 5.26. The van der Waals surface area contributed by atoms with E-state index in [4.69, 9.17) is 0 Å². The van der Waals surface area contributed by atoms with Crippen LogP contribution in [-0.4, -0.2) is 43.6 Å². The second kappa shape index (κ2) is 6.37. The average molecular weight is 297 g/mol. The molecule has 0 bridgehead atoms. The Morgan fingerprint density at radius 2 is 2.05 bits per heavy atom. The van der Waals surface area contributed by atoms with Crippen LogP contribution in [0.2, 0.25) is 0 Å². The van der Waals surface area contributed by atoms with Crippen molar-refractivity contribution in [3.8, 4) is 0 Å². The van der Waals surface area contributed by atoms with Gasteiger partial charge >= 0.3 is 5.97 Å². The van der Waals surface area contributed by atoms with Gasteiger partial charge in [0.2, 0.25) is 0 Å². The standard InChI is InChI=1S/C14H19NO4S/c16-14(17)13(8-11-4-2-1-3-5-11)15-9-12-6-7-20(18,19)10-12/h1-5,12-13,15H,6-10H2,(H,16,17). The maximum Gasteiger partial charge on any atom is 0.321 e. The Morgan fingerprint density at radius 3 is 2.60 bits per heavy atom. The quantitative estimate of drug-likeness (QED) is 0.808. The van der Waals surface area contributed by atoms with Crippen LogP contribution in [0.15, 0.2) is 30.3 Å². The molecule has 2 rings (SSSR count). The van der Waals surface area contributed by atoms with E-state index in [1.165, 1.54) is 0 Å². The second-order valence-corrected chi connectivity index (χ2v) is 7.49. The van der Waals surface area contributed by atoms with Crippen molar-refractivity contribution in [1.29, 1.82) is 0 Å². The van der Waals surface area contributed by atoms with Crippen molar-refractivity contribution in [1.82, 2.24) is 5.32 Å². The van der Waals surface area contributed by atoms with Crippen LogP contribution < -0.4 is 5.32 Å². The molecule has 2 N–H and O–H groups in total. The van der Waals surface area contributed by atoms with Gasteiger partial charge in [0.1, 0.15) is 6.04 Å². The number of carboxylic acid groups (broad SMARTS) is 1. The van der Waals surface area contributed by atoms with E-state index in [0.29, 0.717) is 19.4 Å². The van der Waals surface area contributed by atoms with Crippen molar-refractivity contribution in [2.75, 3.05) is 18.1 Å². The van der Waals surface area contributed by atoms with E-state index < -0.39 is 21.8 Å². The summed E-state index contributed by atoms with van der Waals surface area (Å²) in [6.07, 6.45) is 1.02. The zero-order valence-corrected chi connectivity index (χ0v) is 12.0. The van der Waals surface area contributed by atoms with Gasteiger partial charge in [-0.05, 0) is 30.9 Å². The summed E-state index contributed by atoms with van der Waals surface area (Å²) in [5, 5.41) is 12.2. The van der Waals surface area contributed by atoms with Gasteiger partial charge in [0.15, 0.2) is 9.84 Å². The smallest absolute Gasteiger partial charge is 0.321 e. The highest BCUT2D eigenvalue weighted by Gasteiger charge is 2.29. The van der Waals surface area contributed by atoms with Gasteiger partial charge in [-0.3, -0.25) is 4.79 Å². The number of benzene rings is 1. The molecule has 1 aromatic rings. The molecule has 1 heterocycles. The van der Waals surface area contributed by atoms with E-state index in [-0.39, 0.29) is 17.4 Å². The molecule has 0 aromatic heterocycles. The van der Waals surface area contributed by atoms with Crippen molar-refractivity contribution >= 4 is 15.8 Å². The minimum atomic E-state index is -2.91. The summed E-state index contributed by atoms with van der Waals surface area (Å²) in [6, 6.07) is 8.72. The van der Waals surface area contributed by atoms with Crippen LogP contribution in [0.3, 0.4) is 0 Å². The van der Waals surface area contributed by atoms with Gasteiger partial charge in [-0.1, -0.05) is 30.3 Å². The van der Waals surface area contributed by atoms with E-state index >= 15 is 0 Å². The molecule has 1 aliphatic heterocycles. The molecule has 0 aliphatic carbocycles. The molecule has 2 atom stereocenters. The van der Waals surface area contributed by atoms with E-state index in [1.807, 2.05) is 30.3 Å². The van der Waals surface area contributed by atoms with Crippen LogP contribution in [0, 0.1) is 5.92 Å². The third kappa shape index (κ3) is 4.31. The Balaban J connectivity index is 1.89. The normalized spacial score (nSPS) is 22.5. The Bertz CT molecular complexity index is 556. The van der Waals surface area contributed by atoms with Crippen LogP contribution in [0.1, 0.15) is 12.0 Å². The molecule has 20 heavy (non-hydrogen) atoms. The minimum Gasteiger partial charge on any atom is -0.480 e. The largest absolute Gasteiger partial charge is 0.480 e. The molecule has 0 radical (unpaired) electrons. The van der Waals surface area contributed by atoms with Crippen molar-refractivity contribution in [3.05, 3.63) is 35.9 Å². The zero-order chi connectivity index (χ0) is 14.6. The van der Waals surface area contributed by atoms with Gasteiger partial charge in [0.25, 0.3) is 0 Å². The molecule has 6 heteroatoms. The highest BCUT2D eigenvalue weighted by Crippen LogP contribution is 2.17. The van der Waals surface area contributed by atoms with Gasteiger partial charge in [-0.15, -0.1) is 0 Å². The highest BCUT2D eigenvalue weighted by atomic mass is 32.2. The van der Waals surface area contributed by atoms with Gasteiger partial charge in [-0.25, -0.2) is 8.42 Å². The lowest BCUT2D eigenvalue weighted by molar-refractivity contribution is -0.139. The lowest BCUT2D eigenvalue weighted by Gasteiger charge is -2.17. The maximum atomic E-state index is 11.4. The maximum absolute atomic E-state index is 11.4. The number of carbonyl (C=O) groups is 1. The predicted octanol–water partition coefficient (Wildman–Crippen LogP) is 0.707. The first-order chi connectivity index (χ1) is 9.46. The monoisotopic (exact) mass is 297 g/mol. The fourth-order valence-corrected chi connectivity index (χ4v) is 4.30. The Morgan fingerprint density at radius 1 is 1.35 bits per heavy atom. The van der Waals surface area contributed by atoms with Crippen LogP contribution >= 0.6 is 0 Å². The topological polar surface area (TPSA) is 83.5 Å². The van der Waals surface area contributed by atoms with Gasteiger partial charge in [0.05, 0.1) is 11.5 Å². The molecular formula is C14H19NO4S. The molecular weight excluding hydrogens is 278 g/mol. The molecule has 2 unspecified atom stereocenters.